The summed E-state index contributed by atoms with van der Waals surface area (Å²) >= 11 is 5.89. The van der Waals surface area contributed by atoms with E-state index in [-0.39, 0.29) is 11.7 Å². The minimum Gasteiger partial charge on any atom is -0.474 e. The maximum absolute atomic E-state index is 12.4. The Kier molecular flexibility index (Phi) is 5.92. The number of hydrogen-bond donors (Lipinski definition) is 1. The number of ether oxygens (including phenoxy) is 1. The predicted octanol–water partition coefficient (Wildman–Crippen LogP) is 2.76. The van der Waals surface area contributed by atoms with Gasteiger partial charge in [-0.25, -0.2) is 4.99 Å². The molecule has 0 saturated carbocycles. The third kappa shape index (κ3) is 4.83. The molecule has 1 fully saturated rings. The average Bonchev–Trinajstić information content (AvgIpc) is 3.23. The maximum atomic E-state index is 12.4. The number of fused-ring (bicyclic) bond motifs is 1. The van der Waals surface area contributed by atoms with E-state index in [4.69, 9.17) is 16.3 Å². The number of benzene rings is 1. The fraction of sp³-hybridized carbons (Fsp3) is 0.318. The third-order valence-electron chi connectivity index (χ3n) is 5.08. The smallest absolute Gasteiger partial charge is 0.312 e. The minimum atomic E-state index is -0.479. The highest BCUT2D eigenvalue weighted by Crippen LogP contribution is 2.23. The van der Waals surface area contributed by atoms with E-state index in [1.807, 2.05) is 0 Å². The van der Waals surface area contributed by atoms with E-state index in [1.165, 1.54) is 12.8 Å². The Morgan fingerprint density at radius 3 is 2.79 bits per heavy atom. The van der Waals surface area contributed by atoms with Gasteiger partial charge in [0.15, 0.2) is 11.9 Å². The summed E-state index contributed by atoms with van der Waals surface area (Å²) in [6.07, 6.45) is 8.69. The second kappa shape index (κ2) is 8.76. The quantitative estimate of drug-likeness (QED) is 0.756. The van der Waals surface area contributed by atoms with Crippen molar-refractivity contribution in [1.82, 2.24) is 10.2 Å². The second-order valence-corrected chi connectivity index (χ2v) is 7.64. The van der Waals surface area contributed by atoms with Crippen LogP contribution in [-0.2, 0) is 14.3 Å². The van der Waals surface area contributed by atoms with Crippen molar-refractivity contribution in [2.75, 3.05) is 26.2 Å². The Balaban J connectivity index is 1.40. The van der Waals surface area contributed by atoms with Gasteiger partial charge in [0.2, 0.25) is 0 Å². The lowest BCUT2D eigenvalue weighted by Gasteiger charge is -2.24. The first kappa shape index (κ1) is 19.6. The average molecular weight is 412 g/mol. The molecule has 6 nitrogen and oxygen atoms in total. The molecule has 1 atom stereocenters. The Hall–Kier alpha value is -2.70. The highest BCUT2D eigenvalue weighted by atomic mass is 35.5. The highest BCUT2D eigenvalue weighted by Gasteiger charge is 2.29. The molecular weight excluding hydrogens is 390 g/mol. The molecule has 0 aromatic heterocycles. The fourth-order valence-electron chi connectivity index (χ4n) is 3.52. The first-order valence-electron chi connectivity index (χ1n) is 9.76. The molecule has 2 amide bonds. The molecule has 1 saturated heterocycles. The lowest BCUT2D eigenvalue weighted by atomic mass is 10.0. The van der Waals surface area contributed by atoms with Gasteiger partial charge < -0.3 is 15.0 Å². The normalized spacial score (nSPS) is 22.7. The number of nitrogens with one attached hydrogen (secondary N) is 1. The van der Waals surface area contributed by atoms with Crippen molar-refractivity contribution in [2.45, 2.75) is 18.9 Å². The van der Waals surface area contributed by atoms with E-state index < -0.39 is 12.0 Å². The van der Waals surface area contributed by atoms with Crippen molar-refractivity contribution >= 4 is 35.2 Å². The number of carbonyl (C=O) groups is 2. The Morgan fingerprint density at radius 2 is 2.03 bits per heavy atom. The van der Waals surface area contributed by atoms with E-state index in [0.29, 0.717) is 22.9 Å². The van der Waals surface area contributed by atoms with E-state index in [0.717, 1.165) is 25.2 Å². The summed E-state index contributed by atoms with van der Waals surface area (Å²) in [6, 6.07) is 7.08. The number of carbonyl (C=O) groups excluding carboxylic acids is 2. The van der Waals surface area contributed by atoms with Crippen LogP contribution in [0.2, 0.25) is 5.02 Å². The number of aliphatic imine (C=N–C) groups is 1. The molecule has 1 unspecified atom stereocenters. The van der Waals surface area contributed by atoms with Crippen LogP contribution in [0.5, 0.6) is 0 Å². The summed E-state index contributed by atoms with van der Waals surface area (Å²) in [5.74, 6) is -0.472. The molecular formula is C22H22ClN3O3. The number of rotatable bonds is 5. The first-order valence-corrected chi connectivity index (χ1v) is 10.1. The lowest BCUT2D eigenvalue weighted by Crippen LogP contribution is -2.36. The van der Waals surface area contributed by atoms with Crippen LogP contribution in [0.25, 0.3) is 6.08 Å². The molecule has 1 aromatic carbocycles. The summed E-state index contributed by atoms with van der Waals surface area (Å²) in [7, 11) is 0. The summed E-state index contributed by atoms with van der Waals surface area (Å²) in [6.45, 7) is 3.65. The van der Waals surface area contributed by atoms with E-state index in [9.17, 15) is 9.59 Å². The van der Waals surface area contributed by atoms with Crippen LogP contribution in [0.4, 0.5) is 0 Å². The number of nitrogens with zero attached hydrogens (tertiary/aromatic N) is 2. The van der Waals surface area contributed by atoms with Crippen molar-refractivity contribution in [1.29, 1.82) is 0 Å². The standard InChI is InChI=1S/C22H22ClN3O3/c23-17-6-3-15(4-7-17)13-20-22(28)25-18-14-16(5-8-19(18)29-20)21(27)24-9-12-26-10-1-2-11-26/h3-8,13-14,19H,1-2,9-12H2,(H,24,27)/b20-13-. The zero-order valence-electron chi connectivity index (χ0n) is 15.9. The second-order valence-electron chi connectivity index (χ2n) is 7.20. The van der Waals surface area contributed by atoms with Gasteiger partial charge in [-0.2, -0.15) is 0 Å². The molecule has 0 spiro atoms. The first-order chi connectivity index (χ1) is 14.1. The van der Waals surface area contributed by atoms with Crippen molar-refractivity contribution in [3.63, 3.8) is 0 Å². The largest absolute Gasteiger partial charge is 0.474 e. The van der Waals surface area contributed by atoms with Crippen LogP contribution in [0.3, 0.4) is 0 Å². The summed E-state index contributed by atoms with van der Waals surface area (Å²) in [5.41, 5.74) is 1.71. The van der Waals surface area contributed by atoms with E-state index in [1.54, 1.807) is 48.6 Å². The van der Waals surface area contributed by atoms with Gasteiger partial charge >= 0.3 is 5.91 Å². The minimum absolute atomic E-state index is 0.164. The molecule has 1 N–H and O–H groups in total. The van der Waals surface area contributed by atoms with Crippen molar-refractivity contribution < 1.29 is 14.3 Å². The predicted molar refractivity (Wildman–Crippen MR) is 113 cm³/mol. The van der Waals surface area contributed by atoms with Crippen LogP contribution in [0.1, 0.15) is 18.4 Å². The molecule has 0 radical (unpaired) electrons. The monoisotopic (exact) mass is 411 g/mol. The Morgan fingerprint density at radius 1 is 1.28 bits per heavy atom. The van der Waals surface area contributed by atoms with Gasteiger partial charge in [0.05, 0.1) is 5.71 Å². The number of likely N-dealkylation sites (tertiary alicyclic amines) is 1. The van der Waals surface area contributed by atoms with E-state index >= 15 is 0 Å². The zero-order chi connectivity index (χ0) is 20.2. The molecule has 29 heavy (non-hydrogen) atoms. The Bertz CT molecular complexity index is 925. The van der Waals surface area contributed by atoms with Gasteiger partial charge in [-0.1, -0.05) is 23.7 Å². The van der Waals surface area contributed by atoms with Gasteiger partial charge in [0, 0.05) is 23.7 Å². The van der Waals surface area contributed by atoms with Gasteiger partial charge in [0.1, 0.15) is 0 Å². The van der Waals surface area contributed by atoms with Crippen LogP contribution in [0, 0.1) is 0 Å². The Labute approximate surface area is 174 Å². The zero-order valence-corrected chi connectivity index (χ0v) is 16.7. The molecule has 7 heteroatoms. The summed E-state index contributed by atoms with van der Waals surface area (Å²) in [4.78, 5) is 31.2. The van der Waals surface area contributed by atoms with Gasteiger partial charge in [-0.15, -0.1) is 0 Å². The van der Waals surface area contributed by atoms with Crippen molar-refractivity contribution in [3.8, 4) is 0 Å². The fourth-order valence-corrected chi connectivity index (χ4v) is 3.64. The molecule has 150 valence electrons. The molecule has 2 heterocycles. The lowest BCUT2D eigenvalue weighted by molar-refractivity contribution is -0.119. The molecule has 1 aromatic rings. The number of amides is 2. The maximum Gasteiger partial charge on any atom is 0.312 e. The highest BCUT2D eigenvalue weighted by molar-refractivity contribution is 6.30. The SMILES string of the molecule is O=C(NCCN1CCCC1)C1=CC2=NC(=O)/C(=C/c3ccc(Cl)cc3)OC2C=C1. The number of halogens is 1. The van der Waals surface area contributed by atoms with Crippen LogP contribution >= 0.6 is 11.6 Å². The third-order valence-corrected chi connectivity index (χ3v) is 5.34. The summed E-state index contributed by atoms with van der Waals surface area (Å²) in [5, 5.41) is 3.55. The van der Waals surface area contributed by atoms with Crippen LogP contribution < -0.4 is 5.32 Å². The topological polar surface area (TPSA) is 71.0 Å². The van der Waals surface area contributed by atoms with Gasteiger partial charge in [0.25, 0.3) is 5.91 Å². The summed E-state index contributed by atoms with van der Waals surface area (Å²) < 4.78 is 5.79. The van der Waals surface area contributed by atoms with Crippen molar-refractivity contribution in [2.24, 2.45) is 4.99 Å². The molecule has 0 bridgehead atoms. The van der Waals surface area contributed by atoms with Crippen molar-refractivity contribution in [3.05, 3.63) is 64.4 Å². The van der Waals surface area contributed by atoms with Crippen LogP contribution in [-0.4, -0.2) is 54.7 Å². The molecule has 2 aliphatic heterocycles. The van der Waals surface area contributed by atoms with Gasteiger partial charge in [-0.05, 0) is 67.9 Å². The molecule has 3 aliphatic rings. The van der Waals surface area contributed by atoms with E-state index in [2.05, 4.69) is 15.2 Å². The molecule has 4 rings (SSSR count). The van der Waals surface area contributed by atoms with Gasteiger partial charge in [-0.3, -0.25) is 9.59 Å². The van der Waals surface area contributed by atoms with Crippen LogP contribution in [0.15, 0.2) is 58.8 Å². The number of hydrogen-bond acceptors (Lipinski definition) is 4. The molecule has 1 aliphatic carbocycles.